The average molecular weight is 266 g/mol. The van der Waals surface area contributed by atoms with Gasteiger partial charge in [0.15, 0.2) is 6.61 Å². The van der Waals surface area contributed by atoms with Gasteiger partial charge >= 0.3 is 5.97 Å². The molecule has 0 radical (unpaired) electrons. The Morgan fingerprint density at radius 1 is 1.37 bits per heavy atom. The molecule has 1 rings (SSSR count). The predicted molar refractivity (Wildman–Crippen MR) is 69.1 cm³/mol. The van der Waals surface area contributed by atoms with Crippen LogP contribution in [-0.2, 0) is 4.79 Å². The van der Waals surface area contributed by atoms with Crippen LogP contribution in [0.25, 0.3) is 0 Å². The quantitative estimate of drug-likeness (QED) is 0.810. The fourth-order valence-electron chi connectivity index (χ4n) is 1.20. The van der Waals surface area contributed by atoms with E-state index < -0.39 is 5.97 Å². The number of amides is 1. The third-order valence-corrected chi connectivity index (χ3v) is 2.71. The highest BCUT2D eigenvalue weighted by Crippen LogP contribution is 2.09. The summed E-state index contributed by atoms with van der Waals surface area (Å²) in [4.78, 5) is 25.8. The first-order chi connectivity index (χ1) is 8.90. The molecule has 1 aromatic heterocycles. The molecule has 0 fully saturated rings. The Morgan fingerprint density at radius 3 is 2.53 bits per heavy atom. The van der Waals surface area contributed by atoms with Crippen LogP contribution in [0.3, 0.4) is 0 Å². The molecule has 2 N–H and O–H groups in total. The molecule has 0 aromatic carbocycles. The van der Waals surface area contributed by atoms with Crippen LogP contribution in [0.5, 0.6) is 5.75 Å². The van der Waals surface area contributed by atoms with E-state index in [1.165, 1.54) is 18.3 Å². The van der Waals surface area contributed by atoms with Crippen LogP contribution in [0.4, 0.5) is 0 Å². The number of hydrogen-bond donors (Lipinski definition) is 2. The molecule has 0 aliphatic rings. The third-order valence-electron chi connectivity index (χ3n) is 2.71. The topological polar surface area (TPSA) is 88.5 Å². The summed E-state index contributed by atoms with van der Waals surface area (Å²) >= 11 is 0. The van der Waals surface area contributed by atoms with Crippen LogP contribution in [-0.4, -0.2) is 34.6 Å². The van der Waals surface area contributed by atoms with E-state index in [4.69, 9.17) is 9.84 Å². The summed E-state index contributed by atoms with van der Waals surface area (Å²) in [7, 11) is 0. The lowest BCUT2D eigenvalue weighted by Crippen LogP contribution is -2.38. The third kappa shape index (κ3) is 4.95. The zero-order valence-electron chi connectivity index (χ0n) is 11.2. The van der Waals surface area contributed by atoms with E-state index >= 15 is 0 Å². The van der Waals surface area contributed by atoms with Gasteiger partial charge in [-0.25, -0.2) is 9.78 Å². The number of aromatic nitrogens is 1. The number of carbonyl (C=O) groups excluding carboxylic acids is 1. The van der Waals surface area contributed by atoms with Crippen molar-refractivity contribution < 1.29 is 19.4 Å². The molecule has 0 aliphatic heterocycles. The molecule has 1 atom stereocenters. The number of carboxylic acids is 1. The van der Waals surface area contributed by atoms with Gasteiger partial charge in [-0.2, -0.15) is 0 Å². The smallest absolute Gasteiger partial charge is 0.354 e. The lowest BCUT2D eigenvalue weighted by molar-refractivity contribution is -0.124. The normalized spacial score (nSPS) is 12.0. The van der Waals surface area contributed by atoms with Gasteiger partial charge in [-0.3, -0.25) is 4.79 Å². The van der Waals surface area contributed by atoms with Crippen LogP contribution in [0.15, 0.2) is 18.3 Å². The molecule has 1 heterocycles. The van der Waals surface area contributed by atoms with Crippen LogP contribution in [0, 0.1) is 5.92 Å². The Labute approximate surface area is 111 Å². The molecule has 0 saturated heterocycles. The maximum absolute atomic E-state index is 11.6. The fraction of sp³-hybridized carbons (Fsp3) is 0.462. The van der Waals surface area contributed by atoms with Crippen LogP contribution in [0.2, 0.25) is 0 Å². The van der Waals surface area contributed by atoms with Crippen LogP contribution < -0.4 is 10.1 Å². The van der Waals surface area contributed by atoms with Crippen molar-refractivity contribution in [3.63, 3.8) is 0 Å². The molecule has 6 heteroatoms. The number of carbonyl (C=O) groups is 2. The highest BCUT2D eigenvalue weighted by Gasteiger charge is 2.11. The number of nitrogens with one attached hydrogen (secondary N) is 1. The van der Waals surface area contributed by atoms with E-state index in [2.05, 4.69) is 10.3 Å². The monoisotopic (exact) mass is 266 g/mol. The van der Waals surface area contributed by atoms with Gasteiger partial charge in [-0.05, 0) is 25.0 Å². The number of hydrogen-bond acceptors (Lipinski definition) is 4. The molecule has 0 aliphatic carbocycles. The second kappa shape index (κ2) is 6.72. The summed E-state index contributed by atoms with van der Waals surface area (Å²) in [5.74, 6) is -0.614. The van der Waals surface area contributed by atoms with Gasteiger partial charge < -0.3 is 15.2 Å². The van der Waals surface area contributed by atoms with Crippen molar-refractivity contribution in [2.24, 2.45) is 5.92 Å². The summed E-state index contributed by atoms with van der Waals surface area (Å²) in [6.45, 7) is 5.83. The van der Waals surface area contributed by atoms with Gasteiger partial charge in [-0.1, -0.05) is 13.8 Å². The summed E-state index contributed by atoms with van der Waals surface area (Å²) in [6, 6.07) is 2.87. The Bertz CT molecular complexity index is 442. The van der Waals surface area contributed by atoms with Crippen molar-refractivity contribution in [3.8, 4) is 5.75 Å². The number of aromatic carboxylic acids is 1. The van der Waals surface area contributed by atoms with Crippen molar-refractivity contribution in [2.75, 3.05) is 6.61 Å². The van der Waals surface area contributed by atoms with Crippen molar-refractivity contribution in [1.29, 1.82) is 0 Å². The van der Waals surface area contributed by atoms with Gasteiger partial charge in [0.05, 0.1) is 6.20 Å². The molecule has 104 valence electrons. The predicted octanol–water partition coefficient (Wildman–Crippen LogP) is 1.32. The fourth-order valence-corrected chi connectivity index (χ4v) is 1.20. The zero-order chi connectivity index (χ0) is 14.4. The van der Waals surface area contributed by atoms with Crippen LogP contribution in [0.1, 0.15) is 31.3 Å². The second-order valence-electron chi connectivity index (χ2n) is 4.57. The van der Waals surface area contributed by atoms with Gasteiger partial charge in [0.25, 0.3) is 5.91 Å². The number of rotatable bonds is 6. The largest absolute Gasteiger partial charge is 0.482 e. The molecular formula is C13H18N2O4. The standard InChI is InChI=1S/C13H18N2O4/c1-8(2)9(3)15-12(16)7-19-10-4-5-11(13(17)18)14-6-10/h4-6,8-9H,7H2,1-3H3,(H,15,16)(H,17,18). The number of ether oxygens (including phenoxy) is 1. The molecule has 0 bridgehead atoms. The number of pyridine rings is 1. The minimum absolute atomic E-state index is 0.0646. The van der Waals surface area contributed by atoms with Crippen molar-refractivity contribution in [2.45, 2.75) is 26.8 Å². The average Bonchev–Trinajstić information content (AvgIpc) is 2.36. The van der Waals surface area contributed by atoms with Gasteiger partial charge in [-0.15, -0.1) is 0 Å². The first-order valence-corrected chi connectivity index (χ1v) is 6.01. The Kier molecular flexibility index (Phi) is 5.29. The first kappa shape index (κ1) is 14.9. The summed E-state index contributed by atoms with van der Waals surface area (Å²) in [5, 5.41) is 11.5. The second-order valence-corrected chi connectivity index (χ2v) is 4.57. The summed E-state index contributed by atoms with van der Waals surface area (Å²) in [6.07, 6.45) is 1.28. The maximum Gasteiger partial charge on any atom is 0.354 e. The van der Waals surface area contributed by atoms with E-state index in [-0.39, 0.29) is 24.2 Å². The highest BCUT2D eigenvalue weighted by molar-refractivity contribution is 5.85. The zero-order valence-corrected chi connectivity index (χ0v) is 11.2. The molecule has 6 nitrogen and oxygen atoms in total. The van der Waals surface area contributed by atoms with Crippen LogP contribution >= 0.6 is 0 Å². The Morgan fingerprint density at radius 2 is 2.05 bits per heavy atom. The highest BCUT2D eigenvalue weighted by atomic mass is 16.5. The van der Waals surface area contributed by atoms with E-state index in [9.17, 15) is 9.59 Å². The maximum atomic E-state index is 11.6. The van der Waals surface area contributed by atoms with Gasteiger partial charge in [0.2, 0.25) is 0 Å². The molecule has 1 amide bonds. The minimum atomic E-state index is -1.10. The van der Waals surface area contributed by atoms with E-state index in [1.807, 2.05) is 20.8 Å². The molecule has 19 heavy (non-hydrogen) atoms. The van der Waals surface area contributed by atoms with Gasteiger partial charge in [0, 0.05) is 6.04 Å². The lowest BCUT2D eigenvalue weighted by Gasteiger charge is -2.17. The van der Waals surface area contributed by atoms with Crippen molar-refractivity contribution >= 4 is 11.9 Å². The number of carboxylic acid groups (broad SMARTS) is 1. The van der Waals surface area contributed by atoms with Gasteiger partial charge in [0.1, 0.15) is 11.4 Å². The summed E-state index contributed by atoms with van der Waals surface area (Å²) in [5.41, 5.74) is -0.0646. The van der Waals surface area contributed by atoms with E-state index in [0.717, 1.165) is 0 Å². The Balaban J connectivity index is 2.44. The van der Waals surface area contributed by atoms with Crippen molar-refractivity contribution in [1.82, 2.24) is 10.3 Å². The SMILES string of the molecule is CC(C)C(C)NC(=O)COc1ccc(C(=O)O)nc1. The first-order valence-electron chi connectivity index (χ1n) is 6.01. The minimum Gasteiger partial charge on any atom is -0.482 e. The van der Waals surface area contributed by atoms with E-state index in [0.29, 0.717) is 11.7 Å². The van der Waals surface area contributed by atoms with E-state index in [1.54, 1.807) is 0 Å². The molecule has 0 spiro atoms. The molecule has 0 saturated carbocycles. The molecule has 1 unspecified atom stereocenters. The lowest BCUT2D eigenvalue weighted by atomic mass is 10.1. The van der Waals surface area contributed by atoms with Crippen molar-refractivity contribution in [3.05, 3.63) is 24.0 Å². The Hall–Kier alpha value is -2.11. The molecular weight excluding hydrogens is 248 g/mol. The number of nitrogens with zero attached hydrogens (tertiary/aromatic N) is 1. The summed E-state index contributed by atoms with van der Waals surface area (Å²) < 4.78 is 5.22. The molecule has 1 aromatic rings.